The van der Waals surface area contributed by atoms with Gasteiger partial charge in [0.2, 0.25) is 0 Å². The zero-order valence-corrected chi connectivity index (χ0v) is 7.25. The third-order valence-electron chi connectivity index (χ3n) is 2.00. The highest BCUT2D eigenvalue weighted by Crippen LogP contribution is 2.20. The van der Waals surface area contributed by atoms with Gasteiger partial charge >= 0.3 is 0 Å². The number of imidazole rings is 1. The largest absolute Gasteiger partial charge is 0.348 e. The molecule has 0 saturated heterocycles. The average molecular weight is 163 g/mol. The number of nitrogens with zero attached hydrogens (tertiary/aromatic N) is 2. The zero-order valence-electron chi connectivity index (χ0n) is 7.25. The quantitative estimate of drug-likeness (QED) is 0.739. The van der Waals surface area contributed by atoms with E-state index in [4.69, 9.17) is 5.26 Å². The van der Waals surface area contributed by atoms with Gasteiger partial charge in [-0.1, -0.05) is 6.92 Å². The predicted octanol–water partition coefficient (Wildman–Crippen LogP) is 2.21. The van der Waals surface area contributed by atoms with Gasteiger partial charge in [-0.3, -0.25) is 0 Å². The third kappa shape index (κ3) is 2.09. The summed E-state index contributed by atoms with van der Waals surface area (Å²) in [6.07, 6.45) is 6.13. The maximum absolute atomic E-state index is 8.43. The third-order valence-corrected chi connectivity index (χ3v) is 2.00. The minimum Gasteiger partial charge on any atom is -0.348 e. The molecular formula is C9H13N3. The minimum atomic E-state index is 0.416. The molecule has 0 aromatic carbocycles. The summed E-state index contributed by atoms with van der Waals surface area (Å²) in [5, 5.41) is 8.43. The van der Waals surface area contributed by atoms with Crippen LogP contribution in [-0.2, 0) is 0 Å². The molecule has 1 N–H and O–H groups in total. The Morgan fingerprint density at radius 2 is 2.58 bits per heavy atom. The maximum atomic E-state index is 8.43. The van der Waals surface area contributed by atoms with Gasteiger partial charge in [-0.25, -0.2) is 4.98 Å². The van der Waals surface area contributed by atoms with Gasteiger partial charge in [-0.15, -0.1) is 0 Å². The van der Waals surface area contributed by atoms with E-state index in [-0.39, 0.29) is 0 Å². The Hall–Kier alpha value is -1.30. The molecular weight excluding hydrogens is 150 g/mol. The molecule has 0 spiro atoms. The molecule has 0 aliphatic heterocycles. The maximum Gasteiger partial charge on any atom is 0.109 e. The van der Waals surface area contributed by atoms with Gasteiger partial charge in [-0.2, -0.15) is 5.26 Å². The Morgan fingerprint density at radius 3 is 3.08 bits per heavy atom. The van der Waals surface area contributed by atoms with E-state index in [0.717, 1.165) is 18.7 Å². The lowest BCUT2D eigenvalue weighted by Gasteiger charge is -2.08. The van der Waals surface area contributed by atoms with Gasteiger partial charge in [0.15, 0.2) is 0 Å². The molecule has 3 heteroatoms. The van der Waals surface area contributed by atoms with E-state index in [0.29, 0.717) is 12.3 Å². The summed E-state index contributed by atoms with van der Waals surface area (Å²) in [7, 11) is 0. The van der Waals surface area contributed by atoms with E-state index in [1.54, 1.807) is 6.20 Å². The van der Waals surface area contributed by atoms with E-state index in [2.05, 4.69) is 23.0 Å². The van der Waals surface area contributed by atoms with Crippen molar-refractivity contribution < 1.29 is 0 Å². The van der Waals surface area contributed by atoms with Crippen LogP contribution in [0.2, 0.25) is 0 Å². The van der Waals surface area contributed by atoms with Gasteiger partial charge in [-0.05, 0) is 12.8 Å². The van der Waals surface area contributed by atoms with Crippen LogP contribution in [-0.4, -0.2) is 9.97 Å². The molecule has 1 unspecified atom stereocenters. The summed E-state index contributed by atoms with van der Waals surface area (Å²) in [5.74, 6) is 1.42. The first kappa shape index (κ1) is 8.79. The standard InChI is InChI=1S/C9H13N3/c1-2-8(4-3-5-10)9-11-6-7-12-9/h6-8H,2-4H2,1H3,(H,11,12). The summed E-state index contributed by atoms with van der Waals surface area (Å²) in [6, 6.07) is 2.15. The van der Waals surface area contributed by atoms with Crippen molar-refractivity contribution in [2.24, 2.45) is 0 Å². The summed E-state index contributed by atoms with van der Waals surface area (Å²) < 4.78 is 0. The Morgan fingerprint density at radius 1 is 1.75 bits per heavy atom. The molecule has 1 atom stereocenters. The van der Waals surface area contributed by atoms with Crippen LogP contribution >= 0.6 is 0 Å². The van der Waals surface area contributed by atoms with Crippen LogP contribution in [0.4, 0.5) is 0 Å². The fraction of sp³-hybridized carbons (Fsp3) is 0.556. The smallest absolute Gasteiger partial charge is 0.109 e. The number of nitriles is 1. The van der Waals surface area contributed by atoms with Gasteiger partial charge < -0.3 is 4.98 Å². The van der Waals surface area contributed by atoms with E-state index in [9.17, 15) is 0 Å². The molecule has 0 bridgehead atoms. The summed E-state index contributed by atoms with van der Waals surface area (Å²) >= 11 is 0. The highest BCUT2D eigenvalue weighted by atomic mass is 14.9. The van der Waals surface area contributed by atoms with E-state index in [1.165, 1.54) is 0 Å². The second kappa shape index (κ2) is 4.55. The highest BCUT2D eigenvalue weighted by Gasteiger charge is 2.10. The summed E-state index contributed by atoms with van der Waals surface area (Å²) in [4.78, 5) is 7.25. The Balaban J connectivity index is 2.52. The van der Waals surface area contributed by atoms with Crippen LogP contribution in [0.5, 0.6) is 0 Å². The van der Waals surface area contributed by atoms with E-state index < -0.39 is 0 Å². The topological polar surface area (TPSA) is 52.5 Å². The number of hydrogen-bond donors (Lipinski definition) is 1. The van der Waals surface area contributed by atoms with Crippen molar-refractivity contribution in [1.29, 1.82) is 5.26 Å². The number of rotatable bonds is 4. The number of hydrogen-bond acceptors (Lipinski definition) is 2. The predicted molar refractivity (Wildman–Crippen MR) is 46.5 cm³/mol. The van der Waals surface area contributed by atoms with E-state index in [1.807, 2.05) is 6.20 Å². The van der Waals surface area contributed by atoms with Gasteiger partial charge in [0.05, 0.1) is 6.07 Å². The van der Waals surface area contributed by atoms with Crippen molar-refractivity contribution in [2.45, 2.75) is 32.1 Å². The van der Waals surface area contributed by atoms with Crippen molar-refractivity contribution in [3.05, 3.63) is 18.2 Å². The van der Waals surface area contributed by atoms with Gasteiger partial charge in [0.25, 0.3) is 0 Å². The molecule has 12 heavy (non-hydrogen) atoms. The first-order valence-electron chi connectivity index (χ1n) is 4.24. The Labute approximate surface area is 72.4 Å². The molecule has 0 radical (unpaired) electrons. The first-order valence-corrected chi connectivity index (χ1v) is 4.24. The molecule has 1 aromatic heterocycles. The fourth-order valence-electron chi connectivity index (χ4n) is 1.27. The molecule has 3 nitrogen and oxygen atoms in total. The molecule has 0 aliphatic carbocycles. The van der Waals surface area contributed by atoms with E-state index >= 15 is 0 Å². The minimum absolute atomic E-state index is 0.416. The molecule has 0 aliphatic rings. The normalized spacial score (nSPS) is 12.3. The van der Waals surface area contributed by atoms with Crippen molar-refractivity contribution in [2.75, 3.05) is 0 Å². The molecule has 0 amide bonds. The Kier molecular flexibility index (Phi) is 3.34. The Bertz CT molecular complexity index is 245. The highest BCUT2D eigenvalue weighted by molar-refractivity contribution is 4.97. The lowest BCUT2D eigenvalue weighted by Crippen LogP contribution is -1.99. The lowest BCUT2D eigenvalue weighted by molar-refractivity contribution is 0.587. The second-order valence-corrected chi connectivity index (χ2v) is 2.78. The van der Waals surface area contributed by atoms with Crippen molar-refractivity contribution in [3.63, 3.8) is 0 Å². The van der Waals surface area contributed by atoms with Crippen molar-refractivity contribution in [3.8, 4) is 6.07 Å². The van der Waals surface area contributed by atoms with Gasteiger partial charge in [0, 0.05) is 24.7 Å². The van der Waals surface area contributed by atoms with Crippen LogP contribution in [0.1, 0.15) is 37.9 Å². The second-order valence-electron chi connectivity index (χ2n) is 2.78. The number of H-pyrrole nitrogens is 1. The molecule has 64 valence electrons. The zero-order chi connectivity index (χ0) is 8.81. The van der Waals surface area contributed by atoms with Gasteiger partial charge in [0.1, 0.15) is 5.82 Å². The molecule has 1 aromatic rings. The van der Waals surface area contributed by atoms with Crippen LogP contribution in [0.3, 0.4) is 0 Å². The van der Waals surface area contributed by atoms with Crippen LogP contribution in [0, 0.1) is 11.3 Å². The molecule has 1 rings (SSSR count). The monoisotopic (exact) mass is 163 g/mol. The first-order chi connectivity index (χ1) is 5.88. The molecule has 1 heterocycles. The van der Waals surface area contributed by atoms with Crippen LogP contribution in [0.15, 0.2) is 12.4 Å². The number of aromatic nitrogens is 2. The average Bonchev–Trinajstić information content (AvgIpc) is 2.59. The van der Waals surface area contributed by atoms with Crippen LogP contribution in [0.25, 0.3) is 0 Å². The van der Waals surface area contributed by atoms with Crippen molar-refractivity contribution in [1.82, 2.24) is 9.97 Å². The fourth-order valence-corrected chi connectivity index (χ4v) is 1.27. The SMILES string of the molecule is CCC(CCC#N)c1ncc[nH]1. The van der Waals surface area contributed by atoms with Crippen LogP contribution < -0.4 is 0 Å². The molecule has 0 saturated carbocycles. The number of nitrogens with one attached hydrogen (secondary N) is 1. The lowest BCUT2D eigenvalue weighted by atomic mass is 10.0. The summed E-state index contributed by atoms with van der Waals surface area (Å²) in [5.41, 5.74) is 0. The molecule has 0 fully saturated rings. The van der Waals surface area contributed by atoms with Crippen molar-refractivity contribution >= 4 is 0 Å². The summed E-state index contributed by atoms with van der Waals surface area (Å²) in [6.45, 7) is 2.12. The number of aromatic amines is 1.